The Balaban J connectivity index is 1.81. The molecule has 0 aliphatic heterocycles. The van der Waals surface area contributed by atoms with E-state index >= 15 is 0 Å². The molecule has 1 N–H and O–H groups in total. The van der Waals surface area contributed by atoms with Gasteiger partial charge < -0.3 is 19.4 Å². The Morgan fingerprint density at radius 2 is 2.00 bits per heavy atom. The Bertz CT molecular complexity index is 766. The Morgan fingerprint density at radius 3 is 2.71 bits per heavy atom. The molecule has 2 rings (SSSR count). The first-order valence-electron chi connectivity index (χ1n) is 8.85. The summed E-state index contributed by atoms with van der Waals surface area (Å²) < 4.78 is 12.4. The topological polar surface area (TPSA) is 94.9 Å². The maximum Gasteiger partial charge on any atom is 0.313 e. The zero-order chi connectivity index (χ0) is 20.2. The molecule has 2 aromatic rings. The van der Waals surface area contributed by atoms with Gasteiger partial charge in [-0.05, 0) is 11.1 Å². The lowest BCUT2D eigenvalue weighted by atomic mass is 9.95. The van der Waals surface area contributed by atoms with Crippen molar-refractivity contribution in [1.82, 2.24) is 0 Å². The number of aromatic nitrogens is 1. The highest BCUT2D eigenvalue weighted by atomic mass is 16.9. The Hall–Kier alpha value is -2.97. The number of hydrogen-bond acceptors (Lipinski definition) is 5. The molecule has 28 heavy (non-hydrogen) atoms. The fourth-order valence-corrected chi connectivity index (χ4v) is 2.62. The van der Waals surface area contributed by atoms with Crippen molar-refractivity contribution >= 4 is 12.2 Å². The highest BCUT2D eigenvalue weighted by Gasteiger charge is 2.22. The van der Waals surface area contributed by atoms with Crippen LogP contribution in [-0.4, -0.2) is 49.1 Å². The predicted molar refractivity (Wildman–Crippen MR) is 101 cm³/mol. The van der Waals surface area contributed by atoms with Crippen LogP contribution in [0.2, 0.25) is 0 Å². The van der Waals surface area contributed by atoms with E-state index in [0.29, 0.717) is 17.0 Å². The first kappa shape index (κ1) is 21.3. The summed E-state index contributed by atoms with van der Waals surface area (Å²) >= 11 is 0. The SMILES string of the molecule is COCC(C(=O)O)c1ccccc1COC/C=[N+](\[O-])OCC[n+]1ccccc1. The van der Waals surface area contributed by atoms with Crippen LogP contribution in [0, 0.1) is 5.21 Å². The number of benzene rings is 1. The fourth-order valence-electron chi connectivity index (χ4n) is 2.62. The van der Waals surface area contributed by atoms with Gasteiger partial charge in [0.2, 0.25) is 6.21 Å². The summed E-state index contributed by atoms with van der Waals surface area (Å²) in [7, 11) is 1.46. The number of nitrogens with zero attached hydrogens (tertiary/aromatic N) is 2. The lowest BCUT2D eigenvalue weighted by Gasteiger charge is -2.16. The van der Waals surface area contributed by atoms with Gasteiger partial charge in [0.25, 0.3) is 0 Å². The minimum absolute atomic E-state index is 0.0400. The van der Waals surface area contributed by atoms with Gasteiger partial charge >= 0.3 is 5.97 Å². The molecular weight excluding hydrogens is 364 g/mol. The number of rotatable bonds is 12. The van der Waals surface area contributed by atoms with Crippen molar-refractivity contribution in [2.75, 3.05) is 26.9 Å². The highest BCUT2D eigenvalue weighted by Crippen LogP contribution is 2.21. The minimum Gasteiger partial charge on any atom is -0.481 e. The summed E-state index contributed by atoms with van der Waals surface area (Å²) in [5.41, 5.74) is 1.37. The van der Waals surface area contributed by atoms with Crippen molar-refractivity contribution in [2.45, 2.75) is 19.1 Å². The normalized spacial score (nSPS) is 12.5. The molecule has 8 heteroatoms. The maximum absolute atomic E-state index is 11.6. The van der Waals surface area contributed by atoms with Crippen LogP contribution in [0.4, 0.5) is 0 Å². The number of aliphatic carboxylic acids is 1. The summed E-state index contributed by atoms with van der Waals surface area (Å²) in [5, 5.41) is 21.0. The molecule has 1 heterocycles. The van der Waals surface area contributed by atoms with Gasteiger partial charge in [0, 0.05) is 24.1 Å². The molecule has 0 saturated carbocycles. The molecule has 1 atom stereocenters. The molecule has 150 valence electrons. The van der Waals surface area contributed by atoms with Crippen molar-refractivity contribution < 1.29 is 33.7 Å². The van der Waals surface area contributed by atoms with Crippen molar-refractivity contribution in [1.29, 1.82) is 0 Å². The van der Waals surface area contributed by atoms with E-state index in [1.807, 2.05) is 41.2 Å². The first-order chi connectivity index (χ1) is 13.6. The lowest BCUT2D eigenvalue weighted by molar-refractivity contribution is -0.767. The second kappa shape index (κ2) is 11.7. The molecule has 1 unspecified atom stereocenters. The molecule has 0 fully saturated rings. The largest absolute Gasteiger partial charge is 0.481 e. The van der Waals surface area contributed by atoms with Gasteiger partial charge in [-0.15, -0.1) is 0 Å². The summed E-state index contributed by atoms with van der Waals surface area (Å²) in [4.78, 5) is 16.9. The van der Waals surface area contributed by atoms with Crippen LogP contribution >= 0.6 is 0 Å². The molecule has 0 spiro atoms. The van der Waals surface area contributed by atoms with Gasteiger partial charge in [0.15, 0.2) is 18.9 Å². The molecule has 1 aromatic heterocycles. The third-order valence-corrected chi connectivity index (χ3v) is 4.01. The van der Waals surface area contributed by atoms with E-state index in [1.54, 1.807) is 18.2 Å². The van der Waals surface area contributed by atoms with Gasteiger partial charge in [-0.3, -0.25) is 10.0 Å². The van der Waals surface area contributed by atoms with Gasteiger partial charge in [-0.25, -0.2) is 4.57 Å². The smallest absolute Gasteiger partial charge is 0.313 e. The third-order valence-electron chi connectivity index (χ3n) is 4.01. The van der Waals surface area contributed by atoms with Crippen LogP contribution < -0.4 is 4.57 Å². The van der Waals surface area contributed by atoms with E-state index in [4.69, 9.17) is 14.3 Å². The van der Waals surface area contributed by atoms with Crippen LogP contribution in [0.15, 0.2) is 54.9 Å². The highest BCUT2D eigenvalue weighted by molar-refractivity contribution is 5.76. The average molecular weight is 389 g/mol. The van der Waals surface area contributed by atoms with Crippen molar-refractivity contribution in [3.05, 3.63) is 71.2 Å². The Morgan fingerprint density at radius 1 is 1.25 bits per heavy atom. The van der Waals surface area contributed by atoms with Crippen molar-refractivity contribution in [3.63, 3.8) is 0 Å². The van der Waals surface area contributed by atoms with E-state index in [-0.39, 0.29) is 26.4 Å². The number of pyridine rings is 1. The summed E-state index contributed by atoms with van der Waals surface area (Å²) in [6, 6.07) is 12.8. The summed E-state index contributed by atoms with van der Waals surface area (Å²) in [6.45, 7) is 1.07. The molecule has 0 aliphatic carbocycles. The van der Waals surface area contributed by atoms with Crippen LogP contribution in [-0.2, 0) is 32.3 Å². The van der Waals surface area contributed by atoms with Crippen LogP contribution in [0.3, 0.4) is 0 Å². The number of methoxy groups -OCH3 is 1. The van der Waals surface area contributed by atoms with Crippen molar-refractivity contribution in [2.24, 2.45) is 0 Å². The number of carbonyl (C=O) groups is 1. The molecule has 0 radical (unpaired) electrons. The molecule has 0 saturated heterocycles. The van der Waals surface area contributed by atoms with Crippen LogP contribution in [0.5, 0.6) is 0 Å². The molecule has 0 amide bonds. The quantitative estimate of drug-likeness (QED) is 0.194. The second-order valence-corrected chi connectivity index (χ2v) is 5.97. The standard InChI is InChI=1S/C20H24N2O6/c1-26-16-19(20(23)24)18-8-4-3-7-17(18)15-27-13-12-22(25)28-14-11-21-9-5-2-6-10-21/h2-10,12,19H,11,13-16H2,1H3/p+1/b22-12+. The molecule has 1 aromatic carbocycles. The monoisotopic (exact) mass is 389 g/mol. The molecule has 0 aliphatic rings. The Labute approximate surface area is 163 Å². The predicted octanol–water partition coefficient (Wildman–Crippen LogP) is 1.52. The van der Waals surface area contributed by atoms with Gasteiger partial charge in [0.05, 0.1) is 13.2 Å². The first-order valence-corrected chi connectivity index (χ1v) is 8.85. The second-order valence-electron chi connectivity index (χ2n) is 5.97. The Kier molecular flexibility index (Phi) is 8.90. The molecule has 8 nitrogen and oxygen atoms in total. The number of carboxylic acid groups (broad SMARTS) is 1. The van der Waals surface area contributed by atoms with Crippen LogP contribution in [0.1, 0.15) is 17.0 Å². The van der Waals surface area contributed by atoms with Gasteiger partial charge in [-0.1, -0.05) is 30.3 Å². The maximum atomic E-state index is 11.6. The summed E-state index contributed by atoms with van der Waals surface area (Å²) in [6.07, 6.45) is 5.01. The minimum atomic E-state index is -0.962. The lowest BCUT2D eigenvalue weighted by Crippen LogP contribution is -2.35. The molecule has 0 bridgehead atoms. The van der Waals surface area contributed by atoms with Gasteiger partial charge in [-0.2, -0.15) is 0 Å². The molecular formula is C20H25N2O6+. The average Bonchev–Trinajstić information content (AvgIpc) is 2.70. The van der Waals surface area contributed by atoms with E-state index in [1.165, 1.54) is 13.3 Å². The number of ether oxygens (including phenoxy) is 2. The van der Waals surface area contributed by atoms with Gasteiger partial charge in [0.1, 0.15) is 19.1 Å². The number of carboxylic acids is 1. The van der Waals surface area contributed by atoms with E-state index in [2.05, 4.69) is 0 Å². The number of hydrogen-bond donors (Lipinski definition) is 1. The van der Waals surface area contributed by atoms with Crippen LogP contribution in [0.25, 0.3) is 0 Å². The van der Waals surface area contributed by atoms with Crippen molar-refractivity contribution in [3.8, 4) is 0 Å². The van der Waals surface area contributed by atoms with E-state index in [0.717, 1.165) is 5.56 Å². The third kappa shape index (κ3) is 6.98. The fraction of sp³-hybridized carbons (Fsp3) is 0.350. The van der Waals surface area contributed by atoms with E-state index < -0.39 is 11.9 Å². The zero-order valence-corrected chi connectivity index (χ0v) is 15.8. The summed E-state index contributed by atoms with van der Waals surface area (Å²) in [5.74, 6) is -1.74. The zero-order valence-electron chi connectivity index (χ0n) is 15.8. The van der Waals surface area contributed by atoms with E-state index in [9.17, 15) is 15.1 Å².